The van der Waals surface area contributed by atoms with E-state index in [1.54, 1.807) is 30.2 Å². The van der Waals surface area contributed by atoms with Crippen LogP contribution in [0.2, 0.25) is 0 Å². The molecule has 0 saturated carbocycles. The zero-order valence-corrected chi connectivity index (χ0v) is 19.2. The van der Waals surface area contributed by atoms with Gasteiger partial charge in [0.25, 0.3) is 5.91 Å². The quantitative estimate of drug-likeness (QED) is 0.555. The van der Waals surface area contributed by atoms with Crippen molar-refractivity contribution in [1.82, 2.24) is 5.32 Å². The van der Waals surface area contributed by atoms with Crippen LogP contribution in [-0.2, 0) is 21.5 Å². The van der Waals surface area contributed by atoms with Crippen LogP contribution in [0.15, 0.2) is 60.7 Å². The highest BCUT2D eigenvalue weighted by Crippen LogP contribution is 2.55. The Labute approximate surface area is 202 Å². The molecule has 3 aliphatic rings. The van der Waals surface area contributed by atoms with Crippen LogP contribution in [0.4, 0.5) is 5.69 Å². The van der Waals surface area contributed by atoms with Gasteiger partial charge in [0.1, 0.15) is 17.8 Å². The highest BCUT2D eigenvalue weighted by atomic mass is 16.7. The summed E-state index contributed by atoms with van der Waals surface area (Å²) in [7, 11) is 1.59. The summed E-state index contributed by atoms with van der Waals surface area (Å²) in [5, 5.41) is 2.81. The van der Waals surface area contributed by atoms with Crippen molar-refractivity contribution in [2.75, 3.05) is 38.6 Å². The summed E-state index contributed by atoms with van der Waals surface area (Å²) >= 11 is 0. The molecule has 3 heterocycles. The SMILES string of the molecule is COCCNC(=O)c1ccc(CN2C(=O)C3(COc4cc5c(cc43)OCO5)c3ccccc32)cc1. The Bertz CT molecular complexity index is 1320. The second kappa shape index (κ2) is 8.32. The average molecular weight is 472 g/mol. The zero-order valence-electron chi connectivity index (χ0n) is 19.2. The monoisotopic (exact) mass is 472 g/mol. The first-order valence-electron chi connectivity index (χ1n) is 11.5. The molecule has 3 aliphatic heterocycles. The molecule has 178 valence electrons. The first-order chi connectivity index (χ1) is 17.1. The number of nitrogens with zero attached hydrogens (tertiary/aromatic N) is 1. The van der Waals surface area contributed by atoms with E-state index in [1.165, 1.54) is 0 Å². The molecule has 1 N–H and O–H groups in total. The number of methoxy groups -OCH3 is 1. The Hall–Kier alpha value is -4.04. The standard InChI is InChI=1S/C27H24N2O6/c1-32-11-10-28-25(30)18-8-6-17(7-9-18)14-29-21-5-3-2-4-19(21)27(26(29)31)15-33-22-13-24-23(12-20(22)27)34-16-35-24/h2-9,12-13H,10-11,14-16H2,1H3,(H,28,30). The van der Waals surface area contributed by atoms with Crippen LogP contribution < -0.4 is 24.4 Å². The molecule has 0 bridgehead atoms. The van der Waals surface area contributed by atoms with Crippen molar-refractivity contribution in [3.63, 3.8) is 0 Å². The van der Waals surface area contributed by atoms with Crippen LogP contribution in [-0.4, -0.2) is 45.5 Å². The lowest BCUT2D eigenvalue weighted by molar-refractivity contribution is -0.122. The molecule has 0 fully saturated rings. The molecule has 2 amide bonds. The van der Waals surface area contributed by atoms with Gasteiger partial charge in [0.05, 0.1) is 13.2 Å². The summed E-state index contributed by atoms with van der Waals surface area (Å²) in [6, 6.07) is 18.8. The van der Waals surface area contributed by atoms with Crippen LogP contribution in [0, 0.1) is 0 Å². The van der Waals surface area contributed by atoms with Crippen molar-refractivity contribution in [2.24, 2.45) is 0 Å². The van der Waals surface area contributed by atoms with Gasteiger partial charge in [-0.1, -0.05) is 30.3 Å². The molecule has 0 aliphatic carbocycles. The number of carbonyl (C=O) groups excluding carboxylic acids is 2. The second-order valence-electron chi connectivity index (χ2n) is 8.75. The minimum Gasteiger partial charge on any atom is -0.491 e. The van der Waals surface area contributed by atoms with Crippen molar-refractivity contribution in [3.05, 3.63) is 82.9 Å². The number of benzene rings is 3. The van der Waals surface area contributed by atoms with Crippen molar-refractivity contribution in [2.45, 2.75) is 12.0 Å². The van der Waals surface area contributed by atoms with Crippen molar-refractivity contribution < 1.29 is 28.5 Å². The van der Waals surface area contributed by atoms with E-state index in [0.29, 0.717) is 42.5 Å². The highest BCUT2D eigenvalue weighted by molar-refractivity contribution is 6.11. The first kappa shape index (κ1) is 21.5. The van der Waals surface area contributed by atoms with Gasteiger partial charge in [-0.2, -0.15) is 0 Å². The van der Waals surface area contributed by atoms with Gasteiger partial charge < -0.3 is 29.2 Å². The van der Waals surface area contributed by atoms with E-state index in [9.17, 15) is 9.59 Å². The minimum absolute atomic E-state index is 0.0438. The molecule has 3 aromatic rings. The summed E-state index contributed by atoms with van der Waals surface area (Å²) in [5.74, 6) is 1.69. The fourth-order valence-corrected chi connectivity index (χ4v) is 5.03. The van der Waals surface area contributed by atoms with E-state index in [1.807, 2.05) is 42.5 Å². The molecule has 0 aromatic heterocycles. The van der Waals surface area contributed by atoms with E-state index in [4.69, 9.17) is 18.9 Å². The van der Waals surface area contributed by atoms with Crippen molar-refractivity contribution in [1.29, 1.82) is 0 Å². The first-order valence-corrected chi connectivity index (χ1v) is 11.5. The van der Waals surface area contributed by atoms with Gasteiger partial charge in [-0.15, -0.1) is 0 Å². The molecular formula is C27H24N2O6. The molecule has 1 spiro atoms. The normalized spacial score (nSPS) is 19.0. The zero-order chi connectivity index (χ0) is 24.0. The molecule has 3 aromatic carbocycles. The van der Waals surface area contributed by atoms with Crippen molar-refractivity contribution >= 4 is 17.5 Å². The number of carbonyl (C=O) groups is 2. The second-order valence-corrected chi connectivity index (χ2v) is 8.75. The predicted molar refractivity (Wildman–Crippen MR) is 127 cm³/mol. The third-order valence-electron chi connectivity index (χ3n) is 6.79. The fourth-order valence-electron chi connectivity index (χ4n) is 5.03. The van der Waals surface area contributed by atoms with Crippen molar-refractivity contribution in [3.8, 4) is 17.2 Å². The minimum atomic E-state index is -0.936. The average Bonchev–Trinajstić information content (AvgIpc) is 3.56. The maximum Gasteiger partial charge on any atom is 0.251 e. The Morgan fingerprint density at radius 2 is 1.77 bits per heavy atom. The number of rotatable bonds is 6. The van der Waals surface area contributed by atoms with E-state index in [2.05, 4.69) is 5.32 Å². The van der Waals surface area contributed by atoms with Crippen LogP contribution in [0.25, 0.3) is 0 Å². The van der Waals surface area contributed by atoms with Crippen LogP contribution >= 0.6 is 0 Å². The smallest absolute Gasteiger partial charge is 0.251 e. The van der Waals surface area contributed by atoms with Gasteiger partial charge in [-0.05, 0) is 35.4 Å². The van der Waals surface area contributed by atoms with E-state index < -0.39 is 5.41 Å². The lowest BCUT2D eigenvalue weighted by Crippen LogP contribution is -2.42. The summed E-state index contributed by atoms with van der Waals surface area (Å²) in [5.41, 5.74) is 3.11. The van der Waals surface area contributed by atoms with Gasteiger partial charge in [0, 0.05) is 36.5 Å². The highest BCUT2D eigenvalue weighted by Gasteiger charge is 2.57. The molecule has 0 saturated heterocycles. The van der Waals surface area contributed by atoms with E-state index in [0.717, 1.165) is 22.4 Å². The number of para-hydroxylation sites is 1. The van der Waals surface area contributed by atoms with Crippen LogP contribution in [0.5, 0.6) is 17.2 Å². The Morgan fingerprint density at radius 1 is 1.00 bits per heavy atom. The number of ether oxygens (including phenoxy) is 4. The van der Waals surface area contributed by atoms with Crippen LogP contribution in [0.1, 0.15) is 27.0 Å². The topological polar surface area (TPSA) is 86.3 Å². The van der Waals surface area contributed by atoms with Gasteiger partial charge in [-0.25, -0.2) is 0 Å². The molecule has 8 nitrogen and oxygen atoms in total. The summed E-state index contributed by atoms with van der Waals surface area (Å²) < 4.78 is 22.1. The fraction of sp³-hybridized carbons (Fsp3) is 0.259. The third kappa shape index (κ3) is 3.32. The number of fused-ring (bicyclic) bond motifs is 5. The van der Waals surface area contributed by atoms with E-state index >= 15 is 0 Å². The maximum atomic E-state index is 14.1. The number of hydrogen-bond donors (Lipinski definition) is 1. The number of amides is 2. The summed E-state index contributed by atoms with van der Waals surface area (Å²) in [4.78, 5) is 28.2. The Balaban J connectivity index is 1.31. The Kier molecular flexibility index (Phi) is 5.11. The largest absolute Gasteiger partial charge is 0.491 e. The predicted octanol–water partition coefficient (Wildman–Crippen LogP) is 3.02. The number of nitrogens with one attached hydrogen (secondary N) is 1. The molecule has 1 atom stereocenters. The molecule has 0 radical (unpaired) electrons. The number of anilines is 1. The summed E-state index contributed by atoms with van der Waals surface area (Å²) in [6.07, 6.45) is 0. The molecule has 8 heteroatoms. The summed E-state index contributed by atoms with van der Waals surface area (Å²) in [6.45, 7) is 1.66. The van der Waals surface area contributed by atoms with Gasteiger partial charge >= 0.3 is 0 Å². The van der Waals surface area contributed by atoms with Crippen LogP contribution in [0.3, 0.4) is 0 Å². The lowest BCUT2D eigenvalue weighted by Gasteiger charge is -2.23. The third-order valence-corrected chi connectivity index (χ3v) is 6.79. The van der Waals surface area contributed by atoms with Gasteiger partial charge in [-0.3, -0.25) is 9.59 Å². The van der Waals surface area contributed by atoms with E-state index in [-0.39, 0.29) is 25.2 Å². The maximum absolute atomic E-state index is 14.1. The Morgan fingerprint density at radius 3 is 2.57 bits per heavy atom. The molecule has 35 heavy (non-hydrogen) atoms. The van der Waals surface area contributed by atoms with Gasteiger partial charge in [0.15, 0.2) is 11.5 Å². The molecule has 1 unspecified atom stereocenters. The molecular weight excluding hydrogens is 448 g/mol. The lowest BCUT2D eigenvalue weighted by atomic mass is 9.77. The number of hydrogen-bond acceptors (Lipinski definition) is 6. The molecule has 6 rings (SSSR count). The van der Waals surface area contributed by atoms with Gasteiger partial charge in [0.2, 0.25) is 12.7 Å².